The van der Waals surface area contributed by atoms with Gasteiger partial charge in [-0.1, -0.05) is 6.07 Å². The van der Waals surface area contributed by atoms with Gasteiger partial charge in [0.2, 0.25) is 5.91 Å². The zero-order chi connectivity index (χ0) is 12.5. The van der Waals surface area contributed by atoms with Crippen molar-refractivity contribution >= 4 is 17.2 Å². The molecule has 3 atom stereocenters. The molecule has 3 unspecified atom stereocenters. The minimum absolute atomic E-state index is 0.0846. The summed E-state index contributed by atoms with van der Waals surface area (Å²) in [7, 11) is 0. The van der Waals surface area contributed by atoms with Crippen molar-refractivity contribution < 1.29 is 9.53 Å². The second-order valence-electron chi connectivity index (χ2n) is 5.07. The molecular weight excluding hydrogens is 248 g/mol. The van der Waals surface area contributed by atoms with Gasteiger partial charge in [0.05, 0.1) is 12.1 Å². The summed E-state index contributed by atoms with van der Waals surface area (Å²) in [5, 5.41) is 4.99. The fourth-order valence-electron chi connectivity index (χ4n) is 2.53. The highest BCUT2D eigenvalue weighted by molar-refractivity contribution is 7.10. The molecule has 0 spiro atoms. The second kappa shape index (κ2) is 4.99. The summed E-state index contributed by atoms with van der Waals surface area (Å²) in [4.78, 5) is 13.0. The predicted octanol–water partition coefficient (Wildman–Crippen LogP) is 1.43. The lowest BCUT2D eigenvalue weighted by atomic mass is 10.1. The van der Waals surface area contributed by atoms with Gasteiger partial charge in [-0.3, -0.25) is 4.79 Å². The standard InChI is InChI=1S/C13H18N2O2S/c14-11(10-2-1-7-18-10)13(16)15-9-5-6-17-12(9)8-3-4-8/h1-2,7-9,11-12H,3-6,14H2,(H,15,16). The van der Waals surface area contributed by atoms with Crippen molar-refractivity contribution in [2.75, 3.05) is 6.61 Å². The average Bonchev–Trinajstić information content (AvgIpc) is 2.91. The van der Waals surface area contributed by atoms with Crippen molar-refractivity contribution in [1.82, 2.24) is 5.32 Å². The highest BCUT2D eigenvalue weighted by Crippen LogP contribution is 2.38. The van der Waals surface area contributed by atoms with Crippen molar-refractivity contribution in [3.63, 3.8) is 0 Å². The van der Waals surface area contributed by atoms with E-state index >= 15 is 0 Å². The Bertz CT molecular complexity index is 417. The second-order valence-corrected chi connectivity index (χ2v) is 6.05. The van der Waals surface area contributed by atoms with Gasteiger partial charge in [0, 0.05) is 11.5 Å². The summed E-state index contributed by atoms with van der Waals surface area (Å²) in [6.45, 7) is 0.750. The van der Waals surface area contributed by atoms with Crippen LogP contribution in [-0.2, 0) is 9.53 Å². The number of rotatable bonds is 4. The number of thiophene rings is 1. The Hall–Kier alpha value is -0.910. The monoisotopic (exact) mass is 266 g/mol. The largest absolute Gasteiger partial charge is 0.376 e. The van der Waals surface area contributed by atoms with Crippen molar-refractivity contribution in [2.24, 2.45) is 11.7 Å². The molecule has 4 nitrogen and oxygen atoms in total. The number of hydrogen-bond acceptors (Lipinski definition) is 4. The van der Waals surface area contributed by atoms with E-state index in [2.05, 4.69) is 5.32 Å². The first-order valence-corrected chi connectivity index (χ1v) is 7.34. The summed E-state index contributed by atoms with van der Waals surface area (Å²) in [6.07, 6.45) is 3.58. The van der Waals surface area contributed by atoms with Crippen LogP contribution in [0, 0.1) is 5.92 Å². The molecule has 18 heavy (non-hydrogen) atoms. The van der Waals surface area contributed by atoms with E-state index in [1.165, 1.54) is 24.2 Å². The quantitative estimate of drug-likeness (QED) is 0.866. The molecule has 1 aliphatic heterocycles. The van der Waals surface area contributed by atoms with E-state index in [9.17, 15) is 4.79 Å². The molecule has 1 aliphatic carbocycles. The van der Waals surface area contributed by atoms with Crippen molar-refractivity contribution in [3.05, 3.63) is 22.4 Å². The van der Waals surface area contributed by atoms with E-state index in [0.717, 1.165) is 17.9 Å². The molecular formula is C13H18N2O2S. The van der Waals surface area contributed by atoms with Crippen molar-refractivity contribution in [1.29, 1.82) is 0 Å². The van der Waals surface area contributed by atoms with Gasteiger partial charge in [-0.15, -0.1) is 11.3 Å². The molecule has 0 aromatic carbocycles. The van der Waals surface area contributed by atoms with Gasteiger partial charge in [0.15, 0.2) is 0 Å². The van der Waals surface area contributed by atoms with Crippen molar-refractivity contribution in [3.8, 4) is 0 Å². The van der Waals surface area contributed by atoms with E-state index in [0.29, 0.717) is 5.92 Å². The van der Waals surface area contributed by atoms with Crippen LogP contribution in [0.1, 0.15) is 30.2 Å². The summed E-state index contributed by atoms with van der Waals surface area (Å²) in [6, 6.07) is 3.42. The lowest BCUT2D eigenvalue weighted by Gasteiger charge is -2.21. The summed E-state index contributed by atoms with van der Waals surface area (Å²) >= 11 is 1.52. The summed E-state index contributed by atoms with van der Waals surface area (Å²) in [5.74, 6) is 0.564. The zero-order valence-electron chi connectivity index (χ0n) is 10.2. The Labute approximate surface area is 111 Å². The molecule has 98 valence electrons. The number of carbonyl (C=O) groups excluding carboxylic acids is 1. The third-order valence-corrected chi connectivity index (χ3v) is 4.64. The highest BCUT2D eigenvalue weighted by atomic mass is 32.1. The van der Waals surface area contributed by atoms with Crippen LogP contribution < -0.4 is 11.1 Å². The molecule has 1 aromatic rings. The number of nitrogens with two attached hydrogens (primary N) is 1. The van der Waals surface area contributed by atoms with Crippen LogP contribution in [0.2, 0.25) is 0 Å². The predicted molar refractivity (Wildman–Crippen MR) is 70.3 cm³/mol. The van der Waals surface area contributed by atoms with Crippen molar-refractivity contribution in [2.45, 2.75) is 37.5 Å². The number of amides is 1. The summed E-state index contributed by atoms with van der Waals surface area (Å²) in [5.41, 5.74) is 5.96. The fourth-order valence-corrected chi connectivity index (χ4v) is 3.25. The third-order valence-electron chi connectivity index (χ3n) is 3.68. The first-order valence-electron chi connectivity index (χ1n) is 6.46. The highest BCUT2D eigenvalue weighted by Gasteiger charge is 2.41. The summed E-state index contributed by atoms with van der Waals surface area (Å²) < 4.78 is 5.71. The van der Waals surface area contributed by atoms with Crippen LogP contribution in [0.15, 0.2) is 17.5 Å². The van der Waals surface area contributed by atoms with E-state index in [1.54, 1.807) is 0 Å². The molecule has 2 fully saturated rings. The Kier molecular flexibility index (Phi) is 3.37. The van der Waals surface area contributed by atoms with E-state index in [1.807, 2.05) is 17.5 Å². The lowest BCUT2D eigenvalue weighted by Crippen LogP contribution is -2.45. The number of carbonyl (C=O) groups is 1. The Morgan fingerprint density at radius 3 is 3.00 bits per heavy atom. The smallest absolute Gasteiger partial charge is 0.242 e. The van der Waals surface area contributed by atoms with Crippen LogP contribution in [0.25, 0.3) is 0 Å². The molecule has 0 radical (unpaired) electrons. The zero-order valence-corrected chi connectivity index (χ0v) is 11.0. The van der Waals surface area contributed by atoms with Gasteiger partial charge < -0.3 is 15.8 Å². The minimum Gasteiger partial charge on any atom is -0.376 e. The molecule has 1 saturated carbocycles. The first-order chi connectivity index (χ1) is 8.75. The maximum atomic E-state index is 12.1. The minimum atomic E-state index is -0.551. The van der Waals surface area contributed by atoms with Crippen LogP contribution in [-0.4, -0.2) is 24.7 Å². The number of nitrogens with one attached hydrogen (secondary N) is 1. The SMILES string of the molecule is NC(C(=O)NC1CCOC1C1CC1)c1cccs1. The molecule has 1 saturated heterocycles. The molecule has 0 bridgehead atoms. The molecule has 2 aliphatic rings. The van der Waals surface area contributed by atoms with Crippen LogP contribution in [0.3, 0.4) is 0 Å². The molecule has 2 heterocycles. The molecule has 3 N–H and O–H groups in total. The van der Waals surface area contributed by atoms with Gasteiger partial charge in [-0.05, 0) is 36.6 Å². The van der Waals surface area contributed by atoms with Crippen LogP contribution in [0.5, 0.6) is 0 Å². The van der Waals surface area contributed by atoms with E-state index < -0.39 is 6.04 Å². The van der Waals surface area contributed by atoms with Gasteiger partial charge in [-0.2, -0.15) is 0 Å². The normalized spacial score (nSPS) is 29.2. The van der Waals surface area contributed by atoms with Gasteiger partial charge >= 0.3 is 0 Å². The van der Waals surface area contributed by atoms with E-state index in [-0.39, 0.29) is 18.1 Å². The van der Waals surface area contributed by atoms with Gasteiger partial charge in [-0.25, -0.2) is 0 Å². The third kappa shape index (κ3) is 2.43. The molecule has 3 rings (SSSR count). The lowest BCUT2D eigenvalue weighted by molar-refractivity contribution is -0.123. The van der Waals surface area contributed by atoms with Gasteiger partial charge in [0.25, 0.3) is 0 Å². The fraction of sp³-hybridized carbons (Fsp3) is 0.615. The Morgan fingerprint density at radius 1 is 1.50 bits per heavy atom. The first kappa shape index (κ1) is 12.1. The average molecular weight is 266 g/mol. The number of hydrogen-bond donors (Lipinski definition) is 2. The topological polar surface area (TPSA) is 64.4 Å². The molecule has 1 amide bonds. The maximum Gasteiger partial charge on any atom is 0.242 e. The van der Waals surface area contributed by atoms with Gasteiger partial charge in [0.1, 0.15) is 6.04 Å². The van der Waals surface area contributed by atoms with Crippen LogP contribution >= 0.6 is 11.3 Å². The molecule has 1 aromatic heterocycles. The molecule has 5 heteroatoms. The maximum absolute atomic E-state index is 12.1. The van der Waals surface area contributed by atoms with Crippen LogP contribution in [0.4, 0.5) is 0 Å². The van der Waals surface area contributed by atoms with E-state index in [4.69, 9.17) is 10.5 Å². The Balaban J connectivity index is 1.60. The Morgan fingerprint density at radius 2 is 2.33 bits per heavy atom. The number of ether oxygens (including phenoxy) is 1.